The minimum atomic E-state index is 1.16. The molecule has 1 aliphatic carbocycles. The van der Waals surface area contributed by atoms with Crippen LogP contribution in [0.3, 0.4) is 0 Å². The van der Waals surface area contributed by atoms with Gasteiger partial charge in [0.25, 0.3) is 0 Å². The zero-order chi connectivity index (χ0) is 9.97. The molecule has 0 N–H and O–H groups in total. The third-order valence-corrected chi connectivity index (χ3v) is 3.22. The van der Waals surface area contributed by atoms with Crippen LogP contribution in [0.15, 0.2) is 12.1 Å². The summed E-state index contributed by atoms with van der Waals surface area (Å²) in [6.45, 7) is 4.51. The summed E-state index contributed by atoms with van der Waals surface area (Å²) in [7, 11) is 0. The van der Waals surface area contributed by atoms with Crippen LogP contribution < -0.4 is 0 Å². The van der Waals surface area contributed by atoms with Gasteiger partial charge in [0, 0.05) is 0 Å². The maximum absolute atomic E-state index is 2.41. The Hall–Kier alpha value is -0.780. The van der Waals surface area contributed by atoms with Crippen LogP contribution >= 0.6 is 0 Å². The van der Waals surface area contributed by atoms with Crippen LogP contribution in [0.2, 0.25) is 0 Å². The van der Waals surface area contributed by atoms with Crippen molar-refractivity contribution in [2.75, 3.05) is 0 Å². The van der Waals surface area contributed by atoms with Gasteiger partial charge >= 0.3 is 0 Å². The van der Waals surface area contributed by atoms with Gasteiger partial charge in [0.1, 0.15) is 0 Å². The summed E-state index contributed by atoms with van der Waals surface area (Å²) in [5, 5.41) is 0. The summed E-state index contributed by atoms with van der Waals surface area (Å²) in [5.41, 5.74) is 6.22. The second-order valence-electron chi connectivity index (χ2n) is 4.13. The minimum absolute atomic E-state index is 1.16. The lowest BCUT2D eigenvalue weighted by Crippen LogP contribution is -2.06. The fourth-order valence-corrected chi connectivity index (χ4v) is 2.37. The standard InChI is InChI=1S/C14H19/c1-3-11-9-12(4-2)14-8-6-5-7-13(14)10-11/h7,9-10H,3-6,8H2,1-2H3. The summed E-state index contributed by atoms with van der Waals surface area (Å²) in [4.78, 5) is 0. The van der Waals surface area contributed by atoms with E-state index in [0.717, 1.165) is 6.42 Å². The van der Waals surface area contributed by atoms with Gasteiger partial charge in [-0.25, -0.2) is 0 Å². The van der Waals surface area contributed by atoms with Gasteiger partial charge in [-0.1, -0.05) is 26.0 Å². The van der Waals surface area contributed by atoms with Crippen LogP contribution in [0.4, 0.5) is 0 Å². The zero-order valence-corrected chi connectivity index (χ0v) is 9.27. The Morgan fingerprint density at radius 2 is 2.00 bits per heavy atom. The Kier molecular flexibility index (Phi) is 2.90. The molecule has 0 atom stereocenters. The first-order chi connectivity index (χ1) is 6.85. The summed E-state index contributed by atoms with van der Waals surface area (Å²) in [5.74, 6) is 0. The number of fused-ring (bicyclic) bond motifs is 1. The summed E-state index contributed by atoms with van der Waals surface area (Å²) >= 11 is 0. The molecule has 0 heterocycles. The fraction of sp³-hybridized carbons (Fsp3) is 0.500. The molecule has 0 bridgehead atoms. The molecule has 0 saturated heterocycles. The van der Waals surface area contributed by atoms with E-state index in [9.17, 15) is 0 Å². The number of benzene rings is 1. The van der Waals surface area contributed by atoms with Crippen LogP contribution in [-0.2, 0) is 19.3 Å². The van der Waals surface area contributed by atoms with Crippen molar-refractivity contribution in [3.63, 3.8) is 0 Å². The molecule has 0 nitrogen and oxygen atoms in total. The lowest BCUT2D eigenvalue weighted by atomic mass is 9.85. The van der Waals surface area contributed by atoms with Gasteiger partial charge in [0.2, 0.25) is 0 Å². The minimum Gasteiger partial charge on any atom is -0.0613 e. The van der Waals surface area contributed by atoms with Crippen molar-refractivity contribution in [1.29, 1.82) is 0 Å². The predicted molar refractivity (Wildman–Crippen MR) is 61.5 cm³/mol. The molecule has 0 aromatic heterocycles. The Bertz CT molecular complexity index is 306. The monoisotopic (exact) mass is 187 g/mol. The fourth-order valence-electron chi connectivity index (χ4n) is 2.37. The highest BCUT2D eigenvalue weighted by molar-refractivity contribution is 5.44. The highest BCUT2D eigenvalue weighted by Crippen LogP contribution is 2.27. The molecule has 75 valence electrons. The zero-order valence-electron chi connectivity index (χ0n) is 9.27. The predicted octanol–water partition coefficient (Wildman–Crippen LogP) is 3.70. The van der Waals surface area contributed by atoms with Crippen molar-refractivity contribution >= 4 is 0 Å². The lowest BCUT2D eigenvalue weighted by Gasteiger charge is -2.20. The first-order valence-electron chi connectivity index (χ1n) is 5.83. The van der Waals surface area contributed by atoms with Gasteiger partial charge in [-0.2, -0.15) is 0 Å². The molecule has 0 fully saturated rings. The van der Waals surface area contributed by atoms with Gasteiger partial charge in [-0.15, -0.1) is 0 Å². The Labute approximate surface area is 87.3 Å². The molecule has 1 aromatic carbocycles. The summed E-state index contributed by atoms with van der Waals surface area (Å²) in [6.07, 6.45) is 8.66. The molecule has 2 rings (SSSR count). The lowest BCUT2D eigenvalue weighted by molar-refractivity contribution is 0.762. The van der Waals surface area contributed by atoms with Crippen molar-refractivity contribution in [1.82, 2.24) is 0 Å². The molecule has 14 heavy (non-hydrogen) atoms. The van der Waals surface area contributed by atoms with E-state index < -0.39 is 0 Å². The van der Waals surface area contributed by atoms with Crippen molar-refractivity contribution in [3.8, 4) is 0 Å². The van der Waals surface area contributed by atoms with E-state index in [1.807, 2.05) is 0 Å². The van der Waals surface area contributed by atoms with E-state index in [4.69, 9.17) is 0 Å². The van der Waals surface area contributed by atoms with Crippen molar-refractivity contribution < 1.29 is 0 Å². The van der Waals surface area contributed by atoms with Crippen LogP contribution in [0.5, 0.6) is 0 Å². The van der Waals surface area contributed by atoms with Crippen LogP contribution in [0.1, 0.15) is 48.9 Å². The van der Waals surface area contributed by atoms with Crippen molar-refractivity contribution in [2.45, 2.75) is 46.0 Å². The highest BCUT2D eigenvalue weighted by Gasteiger charge is 2.13. The molecular formula is C14H19. The van der Waals surface area contributed by atoms with Crippen LogP contribution in [0.25, 0.3) is 0 Å². The largest absolute Gasteiger partial charge is 0.0613 e. The molecule has 1 aromatic rings. The van der Waals surface area contributed by atoms with Crippen molar-refractivity contribution in [2.24, 2.45) is 0 Å². The van der Waals surface area contributed by atoms with E-state index in [2.05, 4.69) is 32.4 Å². The molecule has 0 saturated carbocycles. The highest BCUT2D eigenvalue weighted by atomic mass is 14.2. The molecule has 0 aliphatic heterocycles. The Balaban J connectivity index is 2.47. The maximum Gasteiger partial charge on any atom is -0.00899 e. The van der Waals surface area contributed by atoms with Crippen molar-refractivity contribution in [3.05, 3.63) is 40.8 Å². The molecule has 1 radical (unpaired) electrons. The van der Waals surface area contributed by atoms with Gasteiger partial charge in [-0.3, -0.25) is 0 Å². The van der Waals surface area contributed by atoms with Crippen LogP contribution in [-0.4, -0.2) is 0 Å². The molecule has 0 unspecified atom stereocenters. The first-order valence-corrected chi connectivity index (χ1v) is 5.83. The number of rotatable bonds is 2. The van der Waals surface area contributed by atoms with Gasteiger partial charge in [-0.05, 0) is 60.8 Å². The smallest absolute Gasteiger partial charge is 0.00899 e. The van der Waals surface area contributed by atoms with E-state index >= 15 is 0 Å². The van der Waals surface area contributed by atoms with E-state index in [1.165, 1.54) is 36.8 Å². The topological polar surface area (TPSA) is 0 Å². The third-order valence-electron chi connectivity index (χ3n) is 3.22. The van der Waals surface area contributed by atoms with E-state index in [1.54, 1.807) is 11.1 Å². The van der Waals surface area contributed by atoms with Gasteiger partial charge in [0.15, 0.2) is 0 Å². The van der Waals surface area contributed by atoms with Crippen LogP contribution in [0, 0.1) is 6.42 Å². The molecule has 1 aliphatic rings. The molecule has 0 spiro atoms. The third kappa shape index (κ3) is 1.70. The Morgan fingerprint density at radius 1 is 1.14 bits per heavy atom. The summed E-state index contributed by atoms with van der Waals surface area (Å²) < 4.78 is 0. The molecular weight excluding hydrogens is 168 g/mol. The van der Waals surface area contributed by atoms with E-state index in [0.29, 0.717) is 0 Å². The molecule has 0 amide bonds. The summed E-state index contributed by atoms with van der Waals surface area (Å²) in [6, 6.07) is 4.78. The second kappa shape index (κ2) is 4.16. The SMILES string of the molecule is CCc1cc2c(c(CC)c1)CCC[CH]2. The maximum atomic E-state index is 2.41. The normalized spacial score (nSPS) is 15.3. The number of aryl methyl sites for hydroxylation is 2. The first kappa shape index (κ1) is 9.76. The quantitative estimate of drug-likeness (QED) is 0.662. The second-order valence-corrected chi connectivity index (χ2v) is 4.13. The molecule has 0 heteroatoms. The van der Waals surface area contributed by atoms with E-state index in [-0.39, 0.29) is 0 Å². The van der Waals surface area contributed by atoms with Gasteiger partial charge in [0.05, 0.1) is 0 Å². The average Bonchev–Trinajstić information content (AvgIpc) is 2.27. The average molecular weight is 187 g/mol. The number of hydrogen-bond acceptors (Lipinski definition) is 0. The van der Waals surface area contributed by atoms with Gasteiger partial charge < -0.3 is 0 Å². The Morgan fingerprint density at radius 3 is 2.71 bits per heavy atom. The number of hydrogen-bond donors (Lipinski definition) is 0.